The molecule has 0 bridgehead atoms. The Kier molecular flexibility index (Phi) is 7.64. The number of carboxylic acid groups (broad SMARTS) is 1. The number of pyridine rings is 1. The maximum atomic E-state index is 12.1. The molecule has 0 atom stereocenters. The van der Waals surface area contributed by atoms with Crippen LogP contribution in [-0.2, 0) is 11.3 Å². The number of aromatic carboxylic acids is 1. The van der Waals surface area contributed by atoms with Crippen LogP contribution in [-0.4, -0.2) is 72.0 Å². The van der Waals surface area contributed by atoms with Crippen molar-refractivity contribution in [3.05, 3.63) is 29.1 Å². The summed E-state index contributed by atoms with van der Waals surface area (Å²) in [6.07, 6.45) is 0. The Morgan fingerprint density at radius 3 is 2.52 bits per heavy atom. The topological polar surface area (TPSA) is 85.8 Å². The number of likely N-dealkylation sites (N-methyl/N-ethyl adjacent to an activating group) is 2. The molecule has 1 rings (SSSR count). The van der Waals surface area contributed by atoms with E-state index in [0.717, 1.165) is 6.54 Å². The van der Waals surface area contributed by atoms with Crippen molar-refractivity contribution < 1.29 is 14.7 Å². The fourth-order valence-corrected chi connectivity index (χ4v) is 2.14. The van der Waals surface area contributed by atoms with Crippen molar-refractivity contribution in [3.63, 3.8) is 0 Å². The number of nitrogens with zero attached hydrogens (tertiary/aromatic N) is 3. The van der Waals surface area contributed by atoms with E-state index >= 15 is 0 Å². The van der Waals surface area contributed by atoms with Gasteiger partial charge in [0.15, 0.2) is 0 Å². The van der Waals surface area contributed by atoms with Crippen LogP contribution in [0.5, 0.6) is 0 Å². The van der Waals surface area contributed by atoms with E-state index in [9.17, 15) is 9.59 Å². The summed E-state index contributed by atoms with van der Waals surface area (Å²) >= 11 is 0. The van der Waals surface area contributed by atoms with Gasteiger partial charge >= 0.3 is 5.97 Å². The third-order valence-corrected chi connectivity index (χ3v) is 3.39. The summed E-state index contributed by atoms with van der Waals surface area (Å²) < 4.78 is 0. The van der Waals surface area contributed by atoms with E-state index in [1.165, 1.54) is 12.1 Å². The van der Waals surface area contributed by atoms with E-state index in [0.29, 0.717) is 31.0 Å². The molecule has 128 valence electrons. The number of nitrogens with one attached hydrogen (secondary N) is 1. The van der Waals surface area contributed by atoms with Crippen molar-refractivity contribution in [2.24, 2.45) is 0 Å². The van der Waals surface area contributed by atoms with Crippen LogP contribution in [0.25, 0.3) is 0 Å². The van der Waals surface area contributed by atoms with Crippen LogP contribution in [0.4, 0.5) is 0 Å². The zero-order chi connectivity index (χ0) is 17.4. The highest BCUT2D eigenvalue weighted by atomic mass is 16.4. The molecule has 0 fully saturated rings. The van der Waals surface area contributed by atoms with Gasteiger partial charge in [-0.05, 0) is 40.1 Å². The fourth-order valence-electron chi connectivity index (χ4n) is 2.14. The maximum absolute atomic E-state index is 12.1. The van der Waals surface area contributed by atoms with Gasteiger partial charge in [-0.25, -0.2) is 4.79 Å². The number of carbonyl (C=O) groups is 2. The Labute approximate surface area is 137 Å². The van der Waals surface area contributed by atoms with Gasteiger partial charge in [-0.3, -0.25) is 9.78 Å². The Hall–Kier alpha value is -1.99. The number of aryl methyl sites for hydroxylation is 1. The predicted molar refractivity (Wildman–Crippen MR) is 88.4 cm³/mol. The normalized spacial score (nSPS) is 10.8. The standard InChI is InChI=1S/C16H26N4O3/c1-5-20(7-6-19(3)4)15(21)11-17-10-14-9-13(16(22)23)8-12(2)18-14/h8-9,17H,5-7,10-11H2,1-4H3,(H,22,23). The first-order valence-corrected chi connectivity index (χ1v) is 7.67. The van der Waals surface area contributed by atoms with Crippen LogP contribution >= 0.6 is 0 Å². The van der Waals surface area contributed by atoms with Gasteiger partial charge in [0.05, 0.1) is 17.8 Å². The number of hydrogen-bond donors (Lipinski definition) is 2. The van der Waals surface area contributed by atoms with Crippen molar-refractivity contribution >= 4 is 11.9 Å². The maximum Gasteiger partial charge on any atom is 0.335 e. The minimum atomic E-state index is -0.978. The summed E-state index contributed by atoms with van der Waals surface area (Å²) in [6.45, 7) is 6.45. The largest absolute Gasteiger partial charge is 0.478 e. The van der Waals surface area contributed by atoms with Gasteiger partial charge < -0.3 is 20.2 Å². The van der Waals surface area contributed by atoms with Gasteiger partial charge in [0.2, 0.25) is 5.91 Å². The zero-order valence-electron chi connectivity index (χ0n) is 14.3. The van der Waals surface area contributed by atoms with Gasteiger partial charge in [-0.2, -0.15) is 0 Å². The molecule has 0 aliphatic heterocycles. The van der Waals surface area contributed by atoms with Crippen LogP contribution < -0.4 is 5.32 Å². The monoisotopic (exact) mass is 322 g/mol. The first-order valence-electron chi connectivity index (χ1n) is 7.67. The predicted octanol–water partition coefficient (Wildman–Crippen LogP) is 0.588. The number of amides is 1. The number of hydrogen-bond acceptors (Lipinski definition) is 5. The Morgan fingerprint density at radius 1 is 1.26 bits per heavy atom. The lowest BCUT2D eigenvalue weighted by Gasteiger charge is -2.23. The van der Waals surface area contributed by atoms with Crippen molar-refractivity contribution in [1.29, 1.82) is 0 Å². The molecule has 0 spiro atoms. The van der Waals surface area contributed by atoms with E-state index in [1.807, 2.05) is 25.9 Å². The third-order valence-electron chi connectivity index (χ3n) is 3.39. The lowest BCUT2D eigenvalue weighted by Crippen LogP contribution is -2.41. The highest BCUT2D eigenvalue weighted by molar-refractivity contribution is 5.87. The second-order valence-electron chi connectivity index (χ2n) is 5.67. The van der Waals surface area contributed by atoms with Crippen LogP contribution in [0, 0.1) is 6.92 Å². The number of carbonyl (C=O) groups excluding carboxylic acids is 1. The average molecular weight is 322 g/mol. The van der Waals surface area contributed by atoms with Gasteiger partial charge in [0.1, 0.15) is 0 Å². The molecule has 0 aromatic carbocycles. The van der Waals surface area contributed by atoms with Crippen LogP contribution in [0.1, 0.15) is 28.7 Å². The first-order chi connectivity index (χ1) is 10.8. The molecule has 0 saturated carbocycles. The molecule has 1 amide bonds. The van der Waals surface area contributed by atoms with E-state index in [1.54, 1.807) is 11.8 Å². The Morgan fingerprint density at radius 2 is 1.96 bits per heavy atom. The minimum absolute atomic E-state index is 0.0282. The van der Waals surface area contributed by atoms with Crippen molar-refractivity contribution in [2.45, 2.75) is 20.4 Å². The quantitative estimate of drug-likeness (QED) is 0.692. The van der Waals surface area contributed by atoms with Gasteiger partial charge in [-0.1, -0.05) is 0 Å². The van der Waals surface area contributed by atoms with Gasteiger partial charge in [-0.15, -0.1) is 0 Å². The van der Waals surface area contributed by atoms with E-state index in [4.69, 9.17) is 5.11 Å². The van der Waals surface area contributed by atoms with Crippen LogP contribution in [0.15, 0.2) is 12.1 Å². The van der Waals surface area contributed by atoms with E-state index < -0.39 is 5.97 Å². The fraction of sp³-hybridized carbons (Fsp3) is 0.562. The third kappa shape index (κ3) is 6.75. The molecule has 0 radical (unpaired) electrons. The molecule has 1 heterocycles. The molecule has 0 unspecified atom stereocenters. The Bertz CT molecular complexity index is 546. The lowest BCUT2D eigenvalue weighted by atomic mass is 10.2. The molecule has 0 aliphatic carbocycles. The van der Waals surface area contributed by atoms with E-state index in [2.05, 4.69) is 10.3 Å². The summed E-state index contributed by atoms with van der Waals surface area (Å²) in [4.78, 5) is 31.3. The number of carboxylic acids is 1. The highest BCUT2D eigenvalue weighted by Crippen LogP contribution is 2.05. The molecular weight excluding hydrogens is 296 g/mol. The molecule has 1 aromatic heterocycles. The molecule has 1 aromatic rings. The summed E-state index contributed by atoms with van der Waals surface area (Å²) in [5.41, 5.74) is 1.47. The summed E-state index contributed by atoms with van der Waals surface area (Å²) in [5.74, 6) is -0.950. The van der Waals surface area contributed by atoms with Gasteiger partial charge in [0.25, 0.3) is 0 Å². The van der Waals surface area contributed by atoms with Crippen molar-refractivity contribution in [3.8, 4) is 0 Å². The first kappa shape index (κ1) is 19.1. The molecule has 23 heavy (non-hydrogen) atoms. The molecule has 7 nitrogen and oxygen atoms in total. The van der Waals surface area contributed by atoms with Gasteiger partial charge in [0, 0.05) is 31.9 Å². The molecule has 2 N–H and O–H groups in total. The van der Waals surface area contributed by atoms with Crippen molar-refractivity contribution in [2.75, 3.05) is 40.3 Å². The smallest absolute Gasteiger partial charge is 0.335 e. The zero-order valence-corrected chi connectivity index (χ0v) is 14.3. The number of aromatic nitrogens is 1. The van der Waals surface area contributed by atoms with E-state index in [-0.39, 0.29) is 18.0 Å². The number of rotatable bonds is 9. The van der Waals surface area contributed by atoms with Crippen LogP contribution in [0.2, 0.25) is 0 Å². The van der Waals surface area contributed by atoms with Crippen molar-refractivity contribution in [1.82, 2.24) is 20.1 Å². The second-order valence-corrected chi connectivity index (χ2v) is 5.67. The molecule has 0 aliphatic rings. The Balaban J connectivity index is 2.52. The molecule has 7 heteroatoms. The summed E-state index contributed by atoms with van der Waals surface area (Å²) in [7, 11) is 3.94. The lowest BCUT2D eigenvalue weighted by molar-refractivity contribution is -0.130. The van der Waals surface area contributed by atoms with Crippen LogP contribution in [0.3, 0.4) is 0 Å². The minimum Gasteiger partial charge on any atom is -0.478 e. The SMILES string of the molecule is CCN(CCN(C)C)C(=O)CNCc1cc(C(=O)O)cc(C)n1. The highest BCUT2D eigenvalue weighted by Gasteiger charge is 2.12. The summed E-state index contributed by atoms with van der Waals surface area (Å²) in [5, 5.41) is 12.1. The second kappa shape index (κ2) is 9.22. The summed E-state index contributed by atoms with van der Waals surface area (Å²) in [6, 6.07) is 3.05. The average Bonchev–Trinajstić information content (AvgIpc) is 2.47. The molecule has 0 saturated heterocycles. The molecular formula is C16H26N4O3.